The average Bonchev–Trinajstić information content (AvgIpc) is 3.20. The summed E-state index contributed by atoms with van der Waals surface area (Å²) in [5.74, 6) is -0.369. The van der Waals surface area contributed by atoms with Crippen LogP contribution in [0.2, 0.25) is 0 Å². The molecular formula is C17H17FN4OS. The molecule has 2 aromatic heterocycles. The molecule has 7 heteroatoms. The number of hydrogen-bond acceptors (Lipinski definition) is 4. The summed E-state index contributed by atoms with van der Waals surface area (Å²) < 4.78 is 13.1. The van der Waals surface area contributed by atoms with E-state index in [0.717, 1.165) is 28.2 Å². The molecule has 0 saturated heterocycles. The Kier molecular flexibility index (Phi) is 5.00. The zero-order chi connectivity index (χ0) is 16.9. The maximum atomic E-state index is 13.1. The summed E-state index contributed by atoms with van der Waals surface area (Å²) in [7, 11) is 0. The molecule has 0 radical (unpaired) electrons. The van der Waals surface area contributed by atoms with E-state index in [2.05, 4.69) is 20.5 Å². The van der Waals surface area contributed by atoms with Gasteiger partial charge in [0.1, 0.15) is 5.82 Å². The smallest absolute Gasteiger partial charge is 0.224 e. The molecule has 124 valence electrons. The Balaban J connectivity index is 1.65. The highest BCUT2D eigenvalue weighted by atomic mass is 32.1. The predicted molar refractivity (Wildman–Crippen MR) is 91.3 cm³/mol. The Hall–Kier alpha value is -2.54. The molecule has 24 heavy (non-hydrogen) atoms. The summed E-state index contributed by atoms with van der Waals surface area (Å²) in [5.41, 5.74) is 3.13. The summed E-state index contributed by atoms with van der Waals surface area (Å²) in [6, 6.07) is 6.10. The van der Waals surface area contributed by atoms with E-state index in [9.17, 15) is 9.18 Å². The van der Waals surface area contributed by atoms with Gasteiger partial charge in [0.25, 0.3) is 0 Å². The van der Waals surface area contributed by atoms with Gasteiger partial charge in [0.15, 0.2) is 0 Å². The van der Waals surface area contributed by atoms with Gasteiger partial charge < -0.3 is 5.32 Å². The van der Waals surface area contributed by atoms with Crippen LogP contribution in [0.25, 0.3) is 11.3 Å². The van der Waals surface area contributed by atoms with Crippen molar-refractivity contribution in [1.82, 2.24) is 20.5 Å². The lowest BCUT2D eigenvalue weighted by Crippen LogP contribution is -2.27. The molecule has 0 aliphatic carbocycles. The van der Waals surface area contributed by atoms with Crippen LogP contribution in [0.1, 0.15) is 16.3 Å². The molecule has 1 aromatic carbocycles. The fraction of sp³-hybridized carbons (Fsp3) is 0.235. The minimum atomic E-state index is -0.299. The topological polar surface area (TPSA) is 70.7 Å². The van der Waals surface area contributed by atoms with Crippen molar-refractivity contribution in [3.8, 4) is 11.3 Å². The van der Waals surface area contributed by atoms with E-state index in [1.807, 2.05) is 12.3 Å². The van der Waals surface area contributed by atoms with E-state index in [1.54, 1.807) is 29.7 Å². The third kappa shape index (κ3) is 3.86. The number of nitrogens with zero attached hydrogens (tertiary/aromatic N) is 2. The lowest BCUT2D eigenvalue weighted by molar-refractivity contribution is -0.120. The number of aromatic amines is 1. The number of benzene rings is 1. The molecule has 0 atom stereocenters. The van der Waals surface area contributed by atoms with Crippen LogP contribution in [0.15, 0.2) is 35.8 Å². The van der Waals surface area contributed by atoms with Gasteiger partial charge >= 0.3 is 0 Å². The van der Waals surface area contributed by atoms with Crippen molar-refractivity contribution in [3.63, 3.8) is 0 Å². The molecule has 3 rings (SSSR count). The first-order valence-corrected chi connectivity index (χ1v) is 8.46. The van der Waals surface area contributed by atoms with Gasteiger partial charge in [0.2, 0.25) is 5.91 Å². The van der Waals surface area contributed by atoms with Crippen molar-refractivity contribution >= 4 is 17.2 Å². The van der Waals surface area contributed by atoms with Gasteiger partial charge in [-0.1, -0.05) is 0 Å². The number of rotatable bonds is 6. The molecule has 0 fully saturated rings. The number of hydrogen-bond donors (Lipinski definition) is 2. The Morgan fingerprint density at radius 3 is 2.83 bits per heavy atom. The van der Waals surface area contributed by atoms with Crippen molar-refractivity contribution in [3.05, 3.63) is 57.9 Å². The first-order valence-electron chi connectivity index (χ1n) is 7.58. The molecule has 0 spiro atoms. The number of aromatic nitrogens is 3. The van der Waals surface area contributed by atoms with Crippen LogP contribution in [-0.2, 0) is 17.6 Å². The number of aryl methyl sites for hydroxylation is 1. The highest BCUT2D eigenvalue weighted by molar-refractivity contribution is 7.09. The van der Waals surface area contributed by atoms with E-state index in [-0.39, 0.29) is 18.1 Å². The first kappa shape index (κ1) is 16.3. The van der Waals surface area contributed by atoms with Crippen LogP contribution in [0.4, 0.5) is 4.39 Å². The lowest BCUT2D eigenvalue weighted by Gasteiger charge is -2.06. The summed E-state index contributed by atoms with van der Waals surface area (Å²) in [6.07, 6.45) is 2.71. The highest BCUT2D eigenvalue weighted by Gasteiger charge is 2.15. The lowest BCUT2D eigenvalue weighted by atomic mass is 10.0. The summed E-state index contributed by atoms with van der Waals surface area (Å²) >= 11 is 1.58. The van der Waals surface area contributed by atoms with E-state index in [1.165, 1.54) is 12.1 Å². The summed E-state index contributed by atoms with van der Waals surface area (Å²) in [4.78, 5) is 16.4. The van der Waals surface area contributed by atoms with Crippen LogP contribution in [-0.4, -0.2) is 27.6 Å². The molecule has 2 heterocycles. The zero-order valence-electron chi connectivity index (χ0n) is 13.2. The Bertz CT molecular complexity index is 812. The number of carbonyl (C=O) groups excluding carboxylic acids is 1. The van der Waals surface area contributed by atoms with Crippen molar-refractivity contribution in [2.24, 2.45) is 0 Å². The van der Waals surface area contributed by atoms with Crippen LogP contribution >= 0.6 is 11.3 Å². The van der Waals surface area contributed by atoms with E-state index in [4.69, 9.17) is 0 Å². The number of thiazole rings is 1. The largest absolute Gasteiger partial charge is 0.355 e. The molecule has 0 saturated carbocycles. The SMILES string of the molecule is Cc1[nH]nc(-c2ccc(F)cc2)c1CC(=O)NCCc1nccs1. The van der Waals surface area contributed by atoms with Crippen molar-refractivity contribution in [2.45, 2.75) is 19.8 Å². The quantitative estimate of drug-likeness (QED) is 0.722. The van der Waals surface area contributed by atoms with Crippen molar-refractivity contribution < 1.29 is 9.18 Å². The van der Waals surface area contributed by atoms with Gasteiger partial charge in [-0.3, -0.25) is 9.89 Å². The van der Waals surface area contributed by atoms with Crippen LogP contribution < -0.4 is 5.32 Å². The molecule has 3 aromatic rings. The number of H-pyrrole nitrogens is 1. The minimum Gasteiger partial charge on any atom is -0.355 e. The monoisotopic (exact) mass is 344 g/mol. The molecule has 5 nitrogen and oxygen atoms in total. The van der Waals surface area contributed by atoms with E-state index < -0.39 is 0 Å². The van der Waals surface area contributed by atoms with Gasteiger partial charge in [-0.15, -0.1) is 11.3 Å². The molecular weight excluding hydrogens is 327 g/mol. The fourth-order valence-electron chi connectivity index (χ4n) is 2.42. The Labute approximate surface area is 143 Å². The van der Waals surface area contributed by atoms with Crippen molar-refractivity contribution in [2.75, 3.05) is 6.54 Å². The molecule has 0 aliphatic heterocycles. The highest BCUT2D eigenvalue weighted by Crippen LogP contribution is 2.24. The van der Waals surface area contributed by atoms with Gasteiger partial charge in [0.05, 0.1) is 17.1 Å². The minimum absolute atomic E-state index is 0.0700. The van der Waals surface area contributed by atoms with E-state index in [0.29, 0.717) is 12.2 Å². The maximum Gasteiger partial charge on any atom is 0.224 e. The molecule has 0 unspecified atom stereocenters. The molecule has 2 N–H and O–H groups in total. The zero-order valence-corrected chi connectivity index (χ0v) is 14.0. The van der Waals surface area contributed by atoms with E-state index >= 15 is 0 Å². The second-order valence-corrected chi connectivity index (χ2v) is 6.36. The van der Waals surface area contributed by atoms with Crippen LogP contribution in [0.3, 0.4) is 0 Å². The van der Waals surface area contributed by atoms with Gasteiger partial charge in [0, 0.05) is 41.4 Å². The number of amides is 1. The summed E-state index contributed by atoms with van der Waals surface area (Å²) in [5, 5.41) is 13.0. The predicted octanol–water partition coefficient (Wildman–Crippen LogP) is 2.88. The molecule has 0 aliphatic rings. The number of carbonyl (C=O) groups is 1. The standard InChI is InChI=1S/C17H17FN4OS/c1-11-14(10-15(23)19-7-6-16-20-8-9-24-16)17(22-21-11)12-2-4-13(18)5-3-12/h2-5,8-9H,6-7,10H2,1H3,(H,19,23)(H,21,22). The average molecular weight is 344 g/mol. The Morgan fingerprint density at radius 2 is 2.12 bits per heavy atom. The van der Waals surface area contributed by atoms with Crippen molar-refractivity contribution in [1.29, 1.82) is 0 Å². The van der Waals surface area contributed by atoms with Gasteiger partial charge in [-0.25, -0.2) is 9.37 Å². The first-order chi connectivity index (χ1) is 11.6. The van der Waals surface area contributed by atoms with Crippen LogP contribution in [0.5, 0.6) is 0 Å². The molecule has 0 bridgehead atoms. The third-order valence-corrected chi connectivity index (χ3v) is 4.51. The second-order valence-electron chi connectivity index (χ2n) is 5.39. The maximum absolute atomic E-state index is 13.1. The fourth-order valence-corrected chi connectivity index (χ4v) is 3.04. The third-order valence-electron chi connectivity index (χ3n) is 3.67. The summed E-state index contributed by atoms with van der Waals surface area (Å²) in [6.45, 7) is 2.42. The Morgan fingerprint density at radius 1 is 1.33 bits per heavy atom. The molecule has 1 amide bonds. The normalized spacial score (nSPS) is 10.8. The second kappa shape index (κ2) is 7.35. The van der Waals surface area contributed by atoms with Crippen LogP contribution in [0, 0.1) is 12.7 Å². The number of nitrogens with one attached hydrogen (secondary N) is 2. The van der Waals surface area contributed by atoms with Gasteiger partial charge in [-0.2, -0.15) is 5.10 Å². The van der Waals surface area contributed by atoms with Gasteiger partial charge in [-0.05, 0) is 31.2 Å². The number of halogens is 1.